The van der Waals surface area contributed by atoms with Crippen LogP contribution in [0.5, 0.6) is 0 Å². The highest BCUT2D eigenvalue weighted by molar-refractivity contribution is 6.04. The molecule has 6 nitrogen and oxygen atoms in total. The van der Waals surface area contributed by atoms with E-state index in [4.69, 9.17) is 0 Å². The lowest BCUT2D eigenvalue weighted by Crippen LogP contribution is -2.13. The zero-order chi connectivity index (χ0) is 15.4. The van der Waals surface area contributed by atoms with Gasteiger partial charge in [-0.3, -0.25) is 14.3 Å². The molecule has 0 aliphatic carbocycles. The fourth-order valence-corrected chi connectivity index (χ4v) is 1.55. The summed E-state index contributed by atoms with van der Waals surface area (Å²) < 4.78 is 31.6. The lowest BCUT2D eigenvalue weighted by molar-refractivity contribution is -0.141. The van der Waals surface area contributed by atoms with Gasteiger partial charge >= 0.3 is 5.97 Å². The maximum Gasteiger partial charge on any atom is 0.327 e. The van der Waals surface area contributed by atoms with Crippen LogP contribution in [0.4, 0.5) is 14.5 Å². The van der Waals surface area contributed by atoms with Crippen molar-refractivity contribution in [2.45, 2.75) is 6.54 Å². The van der Waals surface area contributed by atoms with Crippen LogP contribution in [0, 0.1) is 11.6 Å². The average Bonchev–Trinajstić information content (AvgIpc) is 2.88. The van der Waals surface area contributed by atoms with Gasteiger partial charge in [0.15, 0.2) is 11.6 Å². The molecule has 0 bridgehead atoms. The Labute approximate surface area is 118 Å². The lowest BCUT2D eigenvalue weighted by Gasteiger charge is -2.03. The number of carbonyl (C=O) groups is 2. The van der Waals surface area contributed by atoms with Crippen LogP contribution < -0.4 is 5.32 Å². The second kappa shape index (κ2) is 6.12. The molecule has 0 spiro atoms. The quantitative estimate of drug-likeness (QED) is 0.869. The van der Waals surface area contributed by atoms with Gasteiger partial charge < -0.3 is 10.1 Å². The van der Waals surface area contributed by atoms with Crippen molar-refractivity contribution in [2.75, 3.05) is 12.4 Å². The van der Waals surface area contributed by atoms with E-state index in [9.17, 15) is 18.4 Å². The molecule has 1 aromatic carbocycles. The molecule has 0 unspecified atom stereocenters. The summed E-state index contributed by atoms with van der Waals surface area (Å²) in [5.41, 5.74) is 0.281. The van der Waals surface area contributed by atoms with Crippen LogP contribution in [0.15, 0.2) is 30.6 Å². The second-order valence-electron chi connectivity index (χ2n) is 4.09. The Morgan fingerprint density at radius 1 is 1.33 bits per heavy atom. The van der Waals surface area contributed by atoms with Crippen LogP contribution in [0.25, 0.3) is 0 Å². The van der Waals surface area contributed by atoms with Gasteiger partial charge in [-0.1, -0.05) is 0 Å². The first-order valence-electron chi connectivity index (χ1n) is 5.85. The lowest BCUT2D eigenvalue weighted by atomic mass is 10.2. The number of hydrogen-bond donors (Lipinski definition) is 1. The van der Waals surface area contributed by atoms with Crippen molar-refractivity contribution in [1.29, 1.82) is 0 Å². The average molecular weight is 295 g/mol. The summed E-state index contributed by atoms with van der Waals surface area (Å²) in [5, 5.41) is 6.30. The van der Waals surface area contributed by atoms with Gasteiger partial charge in [-0.05, 0) is 18.2 Å². The third-order valence-electron chi connectivity index (χ3n) is 2.59. The van der Waals surface area contributed by atoms with E-state index in [0.29, 0.717) is 5.69 Å². The number of carbonyl (C=O) groups excluding carboxylic acids is 2. The minimum Gasteiger partial charge on any atom is -0.468 e. The number of aromatic nitrogens is 2. The van der Waals surface area contributed by atoms with Crippen molar-refractivity contribution in [3.05, 3.63) is 47.8 Å². The smallest absolute Gasteiger partial charge is 0.327 e. The van der Waals surface area contributed by atoms with Gasteiger partial charge in [0.25, 0.3) is 5.91 Å². The standard InChI is InChI=1S/C13H11F2N3O3/c1-21-12(19)7-18-6-9(5-16-18)17-13(20)8-2-3-10(14)11(15)4-8/h2-6H,7H2,1H3,(H,17,20). The monoisotopic (exact) mass is 295 g/mol. The molecule has 0 saturated carbocycles. The topological polar surface area (TPSA) is 73.2 Å². The van der Waals surface area contributed by atoms with Crippen LogP contribution in [0.2, 0.25) is 0 Å². The molecule has 0 aliphatic rings. The van der Waals surface area contributed by atoms with Crippen molar-refractivity contribution < 1.29 is 23.1 Å². The Morgan fingerprint density at radius 3 is 2.76 bits per heavy atom. The van der Waals surface area contributed by atoms with E-state index in [-0.39, 0.29) is 12.1 Å². The predicted octanol–water partition coefficient (Wildman–Crippen LogP) is 1.59. The number of esters is 1. The van der Waals surface area contributed by atoms with Crippen molar-refractivity contribution >= 4 is 17.6 Å². The fraction of sp³-hybridized carbons (Fsp3) is 0.154. The molecule has 0 radical (unpaired) electrons. The van der Waals surface area contributed by atoms with E-state index in [0.717, 1.165) is 18.2 Å². The minimum absolute atomic E-state index is 0.0328. The molecular weight excluding hydrogens is 284 g/mol. The Balaban J connectivity index is 2.05. The highest BCUT2D eigenvalue weighted by Gasteiger charge is 2.11. The highest BCUT2D eigenvalue weighted by atomic mass is 19.2. The number of anilines is 1. The van der Waals surface area contributed by atoms with Crippen LogP contribution in [0.1, 0.15) is 10.4 Å². The Kier molecular flexibility index (Phi) is 4.27. The molecule has 8 heteroatoms. The summed E-state index contributed by atoms with van der Waals surface area (Å²) in [6.45, 7) is -0.0997. The van der Waals surface area contributed by atoms with Crippen LogP contribution in [-0.4, -0.2) is 28.8 Å². The number of nitrogens with zero attached hydrogens (tertiary/aromatic N) is 2. The zero-order valence-electron chi connectivity index (χ0n) is 11.0. The maximum atomic E-state index is 13.0. The third-order valence-corrected chi connectivity index (χ3v) is 2.59. The van der Waals surface area contributed by atoms with Gasteiger partial charge in [-0.2, -0.15) is 5.10 Å². The van der Waals surface area contributed by atoms with Gasteiger partial charge in [-0.15, -0.1) is 0 Å². The van der Waals surface area contributed by atoms with Gasteiger partial charge in [0.1, 0.15) is 6.54 Å². The number of ether oxygens (including phenoxy) is 1. The van der Waals surface area contributed by atoms with E-state index in [1.807, 2.05) is 0 Å². The summed E-state index contributed by atoms with van der Waals surface area (Å²) in [4.78, 5) is 22.9. The summed E-state index contributed by atoms with van der Waals surface area (Å²) in [6, 6.07) is 2.82. The predicted molar refractivity (Wildman–Crippen MR) is 68.6 cm³/mol. The molecule has 2 rings (SSSR count). The van der Waals surface area contributed by atoms with Crippen molar-refractivity contribution in [2.24, 2.45) is 0 Å². The van der Waals surface area contributed by atoms with Crippen LogP contribution in [-0.2, 0) is 16.1 Å². The molecule has 0 atom stereocenters. The molecule has 21 heavy (non-hydrogen) atoms. The largest absolute Gasteiger partial charge is 0.468 e. The molecule has 0 aliphatic heterocycles. The molecule has 0 fully saturated rings. The first kappa shape index (κ1) is 14.6. The molecule has 1 amide bonds. The van der Waals surface area contributed by atoms with Gasteiger partial charge in [-0.25, -0.2) is 8.78 Å². The van der Waals surface area contributed by atoms with Crippen LogP contribution >= 0.6 is 0 Å². The summed E-state index contributed by atoms with van der Waals surface area (Å²) in [5.74, 6) is -3.25. The van der Waals surface area contributed by atoms with E-state index >= 15 is 0 Å². The normalized spacial score (nSPS) is 10.2. The first-order valence-corrected chi connectivity index (χ1v) is 5.85. The molecular formula is C13H11F2N3O3. The zero-order valence-corrected chi connectivity index (χ0v) is 11.0. The summed E-state index contributed by atoms with van der Waals surface area (Å²) in [7, 11) is 1.25. The molecule has 110 valence electrons. The van der Waals surface area contributed by atoms with E-state index in [1.165, 1.54) is 24.2 Å². The Hall–Kier alpha value is -2.77. The molecule has 2 aromatic rings. The first-order chi connectivity index (χ1) is 9.99. The molecule has 1 heterocycles. The van der Waals surface area contributed by atoms with Crippen molar-refractivity contribution in [1.82, 2.24) is 9.78 Å². The molecule has 0 saturated heterocycles. The number of hydrogen-bond acceptors (Lipinski definition) is 4. The number of amides is 1. The molecule has 1 N–H and O–H groups in total. The van der Waals surface area contributed by atoms with Gasteiger partial charge in [0.05, 0.1) is 19.0 Å². The van der Waals surface area contributed by atoms with E-state index < -0.39 is 23.5 Å². The number of methoxy groups -OCH3 is 1. The van der Waals surface area contributed by atoms with Crippen LogP contribution in [0.3, 0.4) is 0 Å². The SMILES string of the molecule is COC(=O)Cn1cc(NC(=O)c2ccc(F)c(F)c2)cn1. The Morgan fingerprint density at radius 2 is 2.10 bits per heavy atom. The maximum absolute atomic E-state index is 13.0. The summed E-state index contributed by atoms with van der Waals surface area (Å²) >= 11 is 0. The highest BCUT2D eigenvalue weighted by Crippen LogP contribution is 2.12. The minimum atomic E-state index is -1.11. The third kappa shape index (κ3) is 3.62. The summed E-state index contributed by atoms with van der Waals surface area (Å²) in [6.07, 6.45) is 2.73. The van der Waals surface area contributed by atoms with Crippen molar-refractivity contribution in [3.8, 4) is 0 Å². The number of benzene rings is 1. The van der Waals surface area contributed by atoms with E-state index in [2.05, 4.69) is 15.2 Å². The Bertz CT molecular complexity index is 685. The number of rotatable bonds is 4. The van der Waals surface area contributed by atoms with E-state index in [1.54, 1.807) is 0 Å². The fourth-order valence-electron chi connectivity index (χ4n) is 1.55. The number of halogens is 2. The number of nitrogens with one attached hydrogen (secondary N) is 1. The second-order valence-corrected chi connectivity index (χ2v) is 4.09. The molecule has 1 aromatic heterocycles. The van der Waals surface area contributed by atoms with Crippen molar-refractivity contribution in [3.63, 3.8) is 0 Å². The van der Waals surface area contributed by atoms with Gasteiger partial charge in [0, 0.05) is 11.8 Å². The van der Waals surface area contributed by atoms with Gasteiger partial charge in [0.2, 0.25) is 0 Å².